The van der Waals surface area contributed by atoms with Crippen molar-refractivity contribution in [3.8, 4) is 0 Å². The Bertz CT molecular complexity index is 153. The molecule has 1 unspecified atom stereocenters. The van der Waals surface area contributed by atoms with E-state index in [1.54, 1.807) is 7.11 Å². The van der Waals surface area contributed by atoms with E-state index in [1.807, 2.05) is 0 Å². The molecule has 0 aliphatic carbocycles. The van der Waals surface area contributed by atoms with Crippen LogP contribution < -0.4 is 5.73 Å². The first-order valence-electron chi connectivity index (χ1n) is 4.32. The normalized spacial score (nSPS) is 12.5. The van der Waals surface area contributed by atoms with E-state index in [9.17, 15) is 4.79 Å². The summed E-state index contributed by atoms with van der Waals surface area (Å²) in [7, 11) is 1.57. The van der Waals surface area contributed by atoms with Crippen LogP contribution in [-0.2, 0) is 19.0 Å². The molecule has 0 spiro atoms. The van der Waals surface area contributed by atoms with Crippen LogP contribution in [0.2, 0.25) is 0 Å². The molecule has 3 N–H and O–H groups in total. The minimum atomic E-state index is -0.964. The van der Waals surface area contributed by atoms with E-state index in [2.05, 4.69) is 4.74 Å². The molecule has 0 radical (unpaired) electrons. The van der Waals surface area contributed by atoms with Crippen LogP contribution in [0.1, 0.15) is 0 Å². The van der Waals surface area contributed by atoms with E-state index in [0.717, 1.165) is 0 Å². The lowest BCUT2D eigenvalue weighted by atomic mass is 10.3. The highest BCUT2D eigenvalue weighted by Gasteiger charge is 2.12. The molecule has 0 heterocycles. The first-order chi connectivity index (χ1) is 6.72. The van der Waals surface area contributed by atoms with Gasteiger partial charge in [0.1, 0.15) is 12.6 Å². The van der Waals surface area contributed by atoms with Gasteiger partial charge in [-0.2, -0.15) is 0 Å². The van der Waals surface area contributed by atoms with Crippen molar-refractivity contribution in [3.63, 3.8) is 0 Å². The molecule has 0 bridgehead atoms. The number of hydrogen-bond acceptors (Lipinski definition) is 6. The number of aliphatic hydroxyl groups excluding tert-OH is 1. The second-order valence-corrected chi connectivity index (χ2v) is 2.56. The number of rotatable bonds is 8. The minimum absolute atomic E-state index is 0.135. The lowest BCUT2D eigenvalue weighted by molar-refractivity contribution is -0.147. The zero-order chi connectivity index (χ0) is 10.8. The van der Waals surface area contributed by atoms with Crippen LogP contribution in [-0.4, -0.2) is 57.3 Å². The molecular weight excluding hydrogens is 190 g/mol. The second kappa shape index (κ2) is 8.89. The van der Waals surface area contributed by atoms with Crippen LogP contribution in [0.25, 0.3) is 0 Å². The molecule has 1 atom stereocenters. The summed E-state index contributed by atoms with van der Waals surface area (Å²) in [5.41, 5.74) is 5.19. The van der Waals surface area contributed by atoms with Gasteiger partial charge >= 0.3 is 5.97 Å². The van der Waals surface area contributed by atoms with E-state index in [4.69, 9.17) is 20.3 Å². The Hall–Kier alpha value is -0.690. The fourth-order valence-electron chi connectivity index (χ4n) is 0.627. The summed E-state index contributed by atoms with van der Waals surface area (Å²) in [5, 5.41) is 8.50. The minimum Gasteiger partial charge on any atom is -0.462 e. The van der Waals surface area contributed by atoms with Gasteiger partial charge in [0.15, 0.2) is 0 Å². The van der Waals surface area contributed by atoms with Gasteiger partial charge in [0.2, 0.25) is 0 Å². The molecule has 84 valence electrons. The van der Waals surface area contributed by atoms with Gasteiger partial charge in [0, 0.05) is 7.11 Å². The molecule has 0 saturated carbocycles. The zero-order valence-corrected chi connectivity index (χ0v) is 8.27. The highest BCUT2D eigenvalue weighted by Crippen LogP contribution is 1.85. The van der Waals surface area contributed by atoms with E-state index >= 15 is 0 Å². The summed E-state index contributed by atoms with van der Waals surface area (Å²) in [6.07, 6.45) is 0. The Morgan fingerprint density at radius 3 is 2.57 bits per heavy atom. The number of carbonyl (C=O) groups is 1. The van der Waals surface area contributed by atoms with Gasteiger partial charge in [-0.1, -0.05) is 0 Å². The van der Waals surface area contributed by atoms with Gasteiger partial charge in [-0.3, -0.25) is 4.79 Å². The van der Waals surface area contributed by atoms with Gasteiger partial charge in [-0.25, -0.2) is 0 Å². The first kappa shape index (κ1) is 13.3. The molecule has 0 rings (SSSR count). The predicted molar refractivity (Wildman–Crippen MR) is 48.7 cm³/mol. The number of methoxy groups -OCH3 is 1. The number of nitrogens with two attached hydrogens (primary N) is 1. The third-order valence-electron chi connectivity index (χ3n) is 1.40. The average Bonchev–Trinajstić information content (AvgIpc) is 2.21. The summed E-state index contributed by atoms with van der Waals surface area (Å²) >= 11 is 0. The van der Waals surface area contributed by atoms with Crippen molar-refractivity contribution in [1.29, 1.82) is 0 Å². The van der Waals surface area contributed by atoms with Gasteiger partial charge in [0.25, 0.3) is 0 Å². The maximum atomic E-state index is 10.9. The third-order valence-corrected chi connectivity index (χ3v) is 1.40. The Morgan fingerprint density at radius 1 is 1.36 bits per heavy atom. The molecule has 0 aliphatic heterocycles. The molecule has 0 saturated heterocycles. The summed E-state index contributed by atoms with van der Waals surface area (Å²) in [4.78, 5) is 10.9. The van der Waals surface area contributed by atoms with E-state index < -0.39 is 18.6 Å². The molecule has 0 aromatic carbocycles. The fraction of sp³-hybridized carbons (Fsp3) is 0.875. The summed E-state index contributed by atoms with van der Waals surface area (Å²) in [5.74, 6) is -0.622. The Kier molecular flexibility index (Phi) is 8.45. The molecule has 0 aromatic rings. The van der Waals surface area contributed by atoms with E-state index in [0.29, 0.717) is 19.8 Å². The Morgan fingerprint density at radius 2 is 2.00 bits per heavy atom. The van der Waals surface area contributed by atoms with Crippen LogP contribution >= 0.6 is 0 Å². The number of carbonyl (C=O) groups excluding carboxylic acids is 1. The van der Waals surface area contributed by atoms with Crippen molar-refractivity contribution >= 4 is 5.97 Å². The summed E-state index contributed by atoms with van der Waals surface area (Å²) in [6, 6.07) is -0.964. The van der Waals surface area contributed by atoms with E-state index in [1.165, 1.54) is 0 Å². The number of aliphatic hydroxyl groups is 1. The van der Waals surface area contributed by atoms with Crippen molar-refractivity contribution < 1.29 is 24.1 Å². The monoisotopic (exact) mass is 207 g/mol. The van der Waals surface area contributed by atoms with E-state index in [-0.39, 0.29) is 6.61 Å². The molecule has 6 nitrogen and oxygen atoms in total. The van der Waals surface area contributed by atoms with Crippen LogP contribution in [0.4, 0.5) is 0 Å². The standard InChI is InChI=1S/C8H17NO5/c1-12-2-3-13-4-5-14-8(11)7(9)6-10/h7,10H,2-6,9H2,1H3. The van der Waals surface area contributed by atoms with Crippen molar-refractivity contribution in [1.82, 2.24) is 0 Å². The highest BCUT2D eigenvalue weighted by atomic mass is 16.6. The first-order valence-corrected chi connectivity index (χ1v) is 4.32. The van der Waals surface area contributed by atoms with Crippen LogP contribution in [0.15, 0.2) is 0 Å². The van der Waals surface area contributed by atoms with Gasteiger partial charge in [0.05, 0.1) is 26.4 Å². The lowest BCUT2D eigenvalue weighted by Gasteiger charge is -2.08. The molecular formula is C8H17NO5. The van der Waals surface area contributed by atoms with Gasteiger partial charge in [-0.05, 0) is 0 Å². The van der Waals surface area contributed by atoms with Crippen LogP contribution in [0, 0.1) is 0 Å². The van der Waals surface area contributed by atoms with Gasteiger partial charge in [-0.15, -0.1) is 0 Å². The SMILES string of the molecule is COCCOCCOC(=O)C(N)CO. The van der Waals surface area contributed by atoms with Crippen LogP contribution in [0.3, 0.4) is 0 Å². The molecule has 14 heavy (non-hydrogen) atoms. The molecule has 6 heteroatoms. The quantitative estimate of drug-likeness (QED) is 0.372. The zero-order valence-electron chi connectivity index (χ0n) is 8.27. The summed E-state index contributed by atoms with van der Waals surface area (Å²) in [6.45, 7) is 0.983. The maximum absolute atomic E-state index is 10.9. The average molecular weight is 207 g/mol. The Labute approximate surface area is 82.9 Å². The number of hydrogen-bond donors (Lipinski definition) is 2. The molecule has 0 aromatic heterocycles. The molecule has 0 fully saturated rings. The molecule has 0 aliphatic rings. The third kappa shape index (κ3) is 6.79. The highest BCUT2D eigenvalue weighted by molar-refractivity contribution is 5.75. The second-order valence-electron chi connectivity index (χ2n) is 2.56. The van der Waals surface area contributed by atoms with Crippen molar-refractivity contribution in [2.75, 3.05) is 40.1 Å². The largest absolute Gasteiger partial charge is 0.462 e. The lowest BCUT2D eigenvalue weighted by Crippen LogP contribution is -2.36. The smallest absolute Gasteiger partial charge is 0.325 e. The van der Waals surface area contributed by atoms with Crippen molar-refractivity contribution in [2.24, 2.45) is 5.73 Å². The topological polar surface area (TPSA) is 91.0 Å². The fourth-order valence-corrected chi connectivity index (χ4v) is 0.627. The maximum Gasteiger partial charge on any atom is 0.325 e. The number of ether oxygens (including phenoxy) is 3. The van der Waals surface area contributed by atoms with Crippen LogP contribution in [0.5, 0.6) is 0 Å². The van der Waals surface area contributed by atoms with Gasteiger partial charge < -0.3 is 25.1 Å². The summed E-state index contributed by atoms with van der Waals surface area (Å²) < 4.78 is 14.5. The van der Waals surface area contributed by atoms with Crippen molar-refractivity contribution in [3.05, 3.63) is 0 Å². The predicted octanol–water partition coefficient (Wildman–Crippen LogP) is -1.49. The van der Waals surface area contributed by atoms with Crippen molar-refractivity contribution in [2.45, 2.75) is 6.04 Å². The number of esters is 1. The Balaban J connectivity index is 3.23. The molecule has 0 amide bonds.